The number of carbonyl (C=O) groups excluding carboxylic acids is 1. The summed E-state index contributed by atoms with van der Waals surface area (Å²) in [5.74, 6) is -0.172. The standard InChI is InChI=1S/C13H27NO3Si/c1-5-17-13(16)7-9-14(10-11-15)8-6-12-18(2,3)4/h6,12,15H,5,7-11H2,1-4H3/b12-6+. The maximum absolute atomic E-state index is 11.3. The summed E-state index contributed by atoms with van der Waals surface area (Å²) in [6.45, 7) is 11.2. The van der Waals surface area contributed by atoms with Crippen molar-refractivity contribution in [3.8, 4) is 0 Å². The Hall–Kier alpha value is -0.653. The van der Waals surface area contributed by atoms with Crippen LogP contribution in [0.1, 0.15) is 13.3 Å². The molecule has 0 amide bonds. The van der Waals surface area contributed by atoms with Crippen LogP contribution in [0, 0.1) is 0 Å². The molecule has 0 heterocycles. The van der Waals surface area contributed by atoms with Gasteiger partial charge < -0.3 is 9.84 Å². The normalized spacial score (nSPS) is 12.3. The lowest BCUT2D eigenvalue weighted by molar-refractivity contribution is -0.143. The number of esters is 1. The first-order chi connectivity index (χ1) is 8.39. The summed E-state index contributed by atoms with van der Waals surface area (Å²) >= 11 is 0. The van der Waals surface area contributed by atoms with Crippen molar-refractivity contribution >= 4 is 14.0 Å². The summed E-state index contributed by atoms with van der Waals surface area (Å²) in [5, 5.41) is 8.99. The molecule has 0 saturated carbocycles. The Morgan fingerprint density at radius 1 is 1.33 bits per heavy atom. The van der Waals surface area contributed by atoms with Gasteiger partial charge in [-0.05, 0) is 6.92 Å². The highest BCUT2D eigenvalue weighted by Crippen LogP contribution is 2.02. The molecule has 0 aromatic heterocycles. The fourth-order valence-electron chi connectivity index (χ4n) is 1.47. The molecule has 0 aromatic rings. The molecular formula is C13H27NO3Si. The van der Waals surface area contributed by atoms with E-state index in [1.54, 1.807) is 6.92 Å². The van der Waals surface area contributed by atoms with E-state index in [-0.39, 0.29) is 12.6 Å². The highest BCUT2D eigenvalue weighted by Gasteiger charge is 2.09. The van der Waals surface area contributed by atoms with Crippen LogP contribution in [0.5, 0.6) is 0 Å². The number of nitrogens with zero attached hydrogens (tertiary/aromatic N) is 1. The quantitative estimate of drug-likeness (QED) is 0.513. The van der Waals surface area contributed by atoms with Crippen LogP contribution < -0.4 is 0 Å². The molecule has 0 saturated heterocycles. The molecule has 106 valence electrons. The number of rotatable bonds is 9. The van der Waals surface area contributed by atoms with Crippen molar-refractivity contribution in [3.05, 3.63) is 11.8 Å². The van der Waals surface area contributed by atoms with Crippen molar-refractivity contribution in [2.75, 3.05) is 32.8 Å². The number of hydrogen-bond acceptors (Lipinski definition) is 4. The third kappa shape index (κ3) is 10.5. The Kier molecular flexibility index (Phi) is 8.96. The fraction of sp³-hybridized carbons (Fsp3) is 0.769. The molecule has 0 atom stereocenters. The Morgan fingerprint density at radius 2 is 2.00 bits per heavy atom. The van der Waals surface area contributed by atoms with Crippen LogP contribution in [0.25, 0.3) is 0 Å². The molecule has 0 aliphatic heterocycles. The number of aliphatic hydroxyl groups excluding tert-OH is 1. The third-order valence-electron chi connectivity index (χ3n) is 2.34. The minimum atomic E-state index is -1.17. The highest BCUT2D eigenvalue weighted by atomic mass is 28.3. The SMILES string of the molecule is CCOC(=O)CCN(C/C=C/[Si](C)(C)C)CCO. The van der Waals surface area contributed by atoms with Crippen LogP contribution in [-0.4, -0.2) is 56.9 Å². The van der Waals surface area contributed by atoms with Crippen molar-refractivity contribution in [2.24, 2.45) is 0 Å². The highest BCUT2D eigenvalue weighted by molar-refractivity contribution is 6.80. The topological polar surface area (TPSA) is 49.8 Å². The maximum Gasteiger partial charge on any atom is 0.307 e. The van der Waals surface area contributed by atoms with E-state index in [1.165, 1.54) is 0 Å². The van der Waals surface area contributed by atoms with E-state index >= 15 is 0 Å². The molecule has 0 spiro atoms. The Labute approximate surface area is 112 Å². The predicted molar refractivity (Wildman–Crippen MR) is 77.3 cm³/mol. The van der Waals surface area contributed by atoms with Gasteiger partial charge in [0.05, 0.1) is 27.7 Å². The fourth-order valence-corrected chi connectivity index (χ4v) is 2.29. The van der Waals surface area contributed by atoms with E-state index < -0.39 is 8.07 Å². The lowest BCUT2D eigenvalue weighted by Gasteiger charge is -2.19. The average Bonchev–Trinajstić information content (AvgIpc) is 2.24. The average molecular weight is 273 g/mol. The molecule has 0 radical (unpaired) electrons. The van der Waals surface area contributed by atoms with Gasteiger partial charge in [-0.3, -0.25) is 9.69 Å². The molecule has 0 aliphatic carbocycles. The van der Waals surface area contributed by atoms with E-state index in [1.807, 2.05) is 0 Å². The summed E-state index contributed by atoms with van der Waals surface area (Å²) in [5.41, 5.74) is 2.28. The van der Waals surface area contributed by atoms with Gasteiger partial charge in [0.25, 0.3) is 0 Å². The molecular weight excluding hydrogens is 246 g/mol. The minimum absolute atomic E-state index is 0.115. The molecule has 4 nitrogen and oxygen atoms in total. The van der Waals surface area contributed by atoms with Crippen molar-refractivity contribution in [1.82, 2.24) is 4.90 Å². The Bertz CT molecular complexity index is 261. The van der Waals surface area contributed by atoms with Crippen molar-refractivity contribution < 1.29 is 14.6 Å². The summed E-state index contributed by atoms with van der Waals surface area (Å²) < 4.78 is 4.89. The lowest BCUT2D eigenvalue weighted by Crippen LogP contribution is -2.30. The molecule has 0 bridgehead atoms. The first kappa shape index (κ1) is 17.3. The van der Waals surface area contributed by atoms with Gasteiger partial charge in [-0.1, -0.05) is 31.4 Å². The van der Waals surface area contributed by atoms with E-state index in [0.29, 0.717) is 26.1 Å². The molecule has 0 unspecified atom stereocenters. The predicted octanol–water partition coefficient (Wildman–Crippen LogP) is 1.67. The molecule has 1 N–H and O–H groups in total. The van der Waals surface area contributed by atoms with E-state index in [4.69, 9.17) is 9.84 Å². The lowest BCUT2D eigenvalue weighted by atomic mass is 10.3. The van der Waals surface area contributed by atoms with Crippen LogP contribution >= 0.6 is 0 Å². The number of ether oxygens (including phenoxy) is 1. The van der Waals surface area contributed by atoms with Gasteiger partial charge in [-0.25, -0.2) is 0 Å². The zero-order valence-electron chi connectivity index (χ0n) is 12.1. The van der Waals surface area contributed by atoms with Crippen molar-refractivity contribution in [3.63, 3.8) is 0 Å². The van der Waals surface area contributed by atoms with Gasteiger partial charge in [-0.2, -0.15) is 0 Å². The van der Waals surface area contributed by atoms with Gasteiger partial charge >= 0.3 is 5.97 Å². The maximum atomic E-state index is 11.3. The van der Waals surface area contributed by atoms with Gasteiger partial charge in [-0.15, -0.1) is 0 Å². The molecule has 0 fully saturated rings. The zero-order valence-corrected chi connectivity index (χ0v) is 13.1. The van der Waals surface area contributed by atoms with Crippen LogP contribution in [0.15, 0.2) is 11.8 Å². The van der Waals surface area contributed by atoms with Gasteiger partial charge in [0.15, 0.2) is 0 Å². The smallest absolute Gasteiger partial charge is 0.307 e. The molecule has 0 rings (SSSR count). The monoisotopic (exact) mass is 273 g/mol. The van der Waals surface area contributed by atoms with E-state index in [9.17, 15) is 4.79 Å². The van der Waals surface area contributed by atoms with Crippen molar-refractivity contribution in [1.29, 1.82) is 0 Å². The first-order valence-corrected chi connectivity index (χ1v) is 10.1. The second-order valence-electron chi connectivity index (χ2n) is 5.35. The van der Waals surface area contributed by atoms with Crippen LogP contribution in [-0.2, 0) is 9.53 Å². The van der Waals surface area contributed by atoms with Gasteiger partial charge in [0.1, 0.15) is 0 Å². The number of aliphatic hydroxyl groups is 1. The van der Waals surface area contributed by atoms with Crippen LogP contribution in [0.3, 0.4) is 0 Å². The second-order valence-corrected chi connectivity index (χ2v) is 10.4. The summed E-state index contributed by atoms with van der Waals surface area (Å²) in [6.07, 6.45) is 2.53. The summed E-state index contributed by atoms with van der Waals surface area (Å²) in [4.78, 5) is 13.3. The largest absolute Gasteiger partial charge is 0.466 e. The Balaban J connectivity index is 4.06. The van der Waals surface area contributed by atoms with Gasteiger partial charge in [0, 0.05) is 19.6 Å². The number of hydrogen-bond donors (Lipinski definition) is 1. The van der Waals surface area contributed by atoms with E-state index in [2.05, 4.69) is 36.3 Å². The second kappa shape index (κ2) is 9.30. The van der Waals surface area contributed by atoms with E-state index in [0.717, 1.165) is 6.54 Å². The Morgan fingerprint density at radius 3 is 2.50 bits per heavy atom. The first-order valence-electron chi connectivity index (χ1n) is 6.55. The minimum Gasteiger partial charge on any atom is -0.466 e. The van der Waals surface area contributed by atoms with Crippen LogP contribution in [0.2, 0.25) is 19.6 Å². The van der Waals surface area contributed by atoms with Crippen LogP contribution in [0.4, 0.5) is 0 Å². The molecule has 5 heteroatoms. The summed E-state index contributed by atoms with van der Waals surface area (Å²) in [7, 11) is -1.17. The third-order valence-corrected chi connectivity index (χ3v) is 3.57. The zero-order chi connectivity index (χ0) is 14.0. The van der Waals surface area contributed by atoms with Crippen molar-refractivity contribution in [2.45, 2.75) is 33.0 Å². The molecule has 0 aromatic carbocycles. The molecule has 0 aliphatic rings. The van der Waals surface area contributed by atoms with Gasteiger partial charge in [0.2, 0.25) is 0 Å². The number of carbonyl (C=O) groups is 1. The summed E-state index contributed by atoms with van der Waals surface area (Å²) in [6, 6.07) is 0. The molecule has 18 heavy (non-hydrogen) atoms.